The standard InChI is InChI=1S/C17H21NO/c1-17-10-5-11-18(17)16(19)12-15(13-17)9-8-14-6-3-2-4-7-14/h2-4,6-7,12H,5,8-11,13H2,1H3/t17-/m0/s1. The van der Waals surface area contributed by atoms with Crippen molar-refractivity contribution in [3.05, 3.63) is 47.5 Å². The van der Waals surface area contributed by atoms with Gasteiger partial charge in [0.1, 0.15) is 0 Å². The molecule has 3 rings (SSSR count). The van der Waals surface area contributed by atoms with Crippen LogP contribution in [0.2, 0.25) is 0 Å². The summed E-state index contributed by atoms with van der Waals surface area (Å²) in [6, 6.07) is 10.5. The fourth-order valence-corrected chi connectivity index (χ4v) is 3.49. The second-order valence-corrected chi connectivity index (χ2v) is 6.06. The lowest BCUT2D eigenvalue weighted by Gasteiger charge is -2.39. The Balaban J connectivity index is 1.69. The van der Waals surface area contributed by atoms with Gasteiger partial charge in [-0.15, -0.1) is 0 Å². The Kier molecular flexibility index (Phi) is 3.17. The van der Waals surface area contributed by atoms with E-state index in [-0.39, 0.29) is 11.4 Å². The minimum atomic E-state index is 0.0951. The summed E-state index contributed by atoms with van der Waals surface area (Å²) in [7, 11) is 0. The van der Waals surface area contributed by atoms with Crippen molar-refractivity contribution in [2.45, 2.75) is 44.6 Å². The summed E-state index contributed by atoms with van der Waals surface area (Å²) < 4.78 is 0. The van der Waals surface area contributed by atoms with Gasteiger partial charge in [-0.25, -0.2) is 0 Å². The number of carbonyl (C=O) groups excluding carboxylic acids is 1. The number of carbonyl (C=O) groups is 1. The zero-order chi connectivity index (χ0) is 13.3. The topological polar surface area (TPSA) is 20.3 Å². The van der Waals surface area contributed by atoms with Gasteiger partial charge < -0.3 is 4.90 Å². The fraction of sp³-hybridized carbons (Fsp3) is 0.471. The van der Waals surface area contributed by atoms with Gasteiger partial charge in [0, 0.05) is 18.2 Å². The molecule has 1 fully saturated rings. The highest BCUT2D eigenvalue weighted by Crippen LogP contribution is 2.38. The van der Waals surface area contributed by atoms with Crippen molar-refractivity contribution in [2.24, 2.45) is 0 Å². The van der Waals surface area contributed by atoms with E-state index in [0.717, 1.165) is 38.6 Å². The molecule has 0 radical (unpaired) electrons. The van der Waals surface area contributed by atoms with Gasteiger partial charge in [-0.2, -0.15) is 0 Å². The number of rotatable bonds is 3. The minimum absolute atomic E-state index is 0.0951. The van der Waals surface area contributed by atoms with Gasteiger partial charge in [0.15, 0.2) is 0 Å². The van der Waals surface area contributed by atoms with E-state index in [9.17, 15) is 4.79 Å². The lowest BCUT2D eigenvalue weighted by molar-refractivity contribution is -0.130. The molecule has 0 saturated carbocycles. The number of benzene rings is 1. The molecule has 100 valence electrons. The molecule has 0 bridgehead atoms. The maximum absolute atomic E-state index is 12.2. The first-order valence-electron chi connectivity index (χ1n) is 7.22. The Morgan fingerprint density at radius 1 is 1.21 bits per heavy atom. The van der Waals surface area contributed by atoms with E-state index in [1.54, 1.807) is 0 Å². The Morgan fingerprint density at radius 3 is 2.79 bits per heavy atom. The summed E-state index contributed by atoms with van der Waals surface area (Å²) in [6.45, 7) is 3.19. The van der Waals surface area contributed by atoms with E-state index in [1.165, 1.54) is 11.1 Å². The van der Waals surface area contributed by atoms with Crippen molar-refractivity contribution >= 4 is 5.91 Å². The van der Waals surface area contributed by atoms with Gasteiger partial charge in [-0.3, -0.25) is 4.79 Å². The summed E-state index contributed by atoms with van der Waals surface area (Å²) in [5.74, 6) is 0.231. The molecular weight excluding hydrogens is 234 g/mol. The van der Waals surface area contributed by atoms with Crippen LogP contribution in [0.25, 0.3) is 0 Å². The lowest BCUT2D eigenvalue weighted by Crippen LogP contribution is -2.47. The van der Waals surface area contributed by atoms with Crippen molar-refractivity contribution in [1.82, 2.24) is 4.90 Å². The largest absolute Gasteiger partial charge is 0.333 e. The zero-order valence-corrected chi connectivity index (χ0v) is 11.6. The Bertz CT molecular complexity index is 505. The monoisotopic (exact) mass is 255 g/mol. The fourth-order valence-electron chi connectivity index (χ4n) is 3.49. The Labute approximate surface area is 115 Å². The van der Waals surface area contributed by atoms with Crippen LogP contribution in [0.3, 0.4) is 0 Å². The SMILES string of the molecule is C[C@@]12CCCN1C(=O)C=C(CCc1ccccc1)C2. The average molecular weight is 255 g/mol. The number of fused-ring (bicyclic) bond motifs is 1. The van der Waals surface area contributed by atoms with Crippen LogP contribution in [0.1, 0.15) is 38.2 Å². The third-order valence-electron chi connectivity index (χ3n) is 4.53. The Morgan fingerprint density at radius 2 is 2.00 bits per heavy atom. The van der Waals surface area contributed by atoms with Crippen LogP contribution in [0.15, 0.2) is 42.0 Å². The number of amides is 1. The van der Waals surface area contributed by atoms with Crippen LogP contribution >= 0.6 is 0 Å². The summed E-state index contributed by atoms with van der Waals surface area (Å²) in [6.07, 6.45) is 7.31. The van der Waals surface area contributed by atoms with Gasteiger partial charge in [0.2, 0.25) is 5.91 Å². The highest BCUT2D eigenvalue weighted by Gasteiger charge is 2.41. The molecule has 0 spiro atoms. The van der Waals surface area contributed by atoms with E-state index in [0.29, 0.717) is 0 Å². The number of hydrogen-bond donors (Lipinski definition) is 0. The van der Waals surface area contributed by atoms with E-state index >= 15 is 0 Å². The number of aryl methyl sites for hydroxylation is 1. The third kappa shape index (κ3) is 2.44. The van der Waals surface area contributed by atoms with Gasteiger partial charge in [-0.1, -0.05) is 35.9 Å². The predicted molar refractivity (Wildman–Crippen MR) is 76.8 cm³/mol. The molecule has 1 aromatic carbocycles. The molecule has 2 heteroatoms. The molecule has 1 saturated heterocycles. The molecular formula is C17H21NO. The molecule has 0 aliphatic carbocycles. The van der Waals surface area contributed by atoms with E-state index in [4.69, 9.17) is 0 Å². The highest BCUT2D eigenvalue weighted by molar-refractivity contribution is 5.90. The quantitative estimate of drug-likeness (QED) is 0.811. The van der Waals surface area contributed by atoms with Gasteiger partial charge in [0.05, 0.1) is 0 Å². The minimum Gasteiger partial charge on any atom is -0.333 e. The van der Waals surface area contributed by atoms with Gasteiger partial charge >= 0.3 is 0 Å². The van der Waals surface area contributed by atoms with Gasteiger partial charge in [-0.05, 0) is 44.6 Å². The molecule has 0 N–H and O–H groups in total. The van der Waals surface area contributed by atoms with E-state index in [1.807, 2.05) is 12.1 Å². The number of hydrogen-bond acceptors (Lipinski definition) is 1. The smallest absolute Gasteiger partial charge is 0.246 e. The second-order valence-electron chi connectivity index (χ2n) is 6.06. The molecule has 0 aromatic heterocycles. The molecule has 2 aliphatic rings. The van der Waals surface area contributed by atoms with Crippen molar-refractivity contribution < 1.29 is 4.79 Å². The molecule has 2 nitrogen and oxygen atoms in total. The van der Waals surface area contributed by atoms with Crippen molar-refractivity contribution in [3.63, 3.8) is 0 Å². The number of nitrogens with zero attached hydrogens (tertiary/aromatic N) is 1. The predicted octanol–water partition coefficient (Wildman–Crippen LogP) is 3.33. The van der Waals surface area contributed by atoms with Crippen LogP contribution in [0.5, 0.6) is 0 Å². The third-order valence-corrected chi connectivity index (χ3v) is 4.53. The molecule has 1 atom stereocenters. The van der Waals surface area contributed by atoms with Crippen LogP contribution in [0.4, 0.5) is 0 Å². The van der Waals surface area contributed by atoms with Crippen LogP contribution in [0, 0.1) is 0 Å². The van der Waals surface area contributed by atoms with Crippen LogP contribution in [-0.4, -0.2) is 22.9 Å². The molecule has 19 heavy (non-hydrogen) atoms. The first-order chi connectivity index (χ1) is 9.17. The van der Waals surface area contributed by atoms with Crippen molar-refractivity contribution in [3.8, 4) is 0 Å². The summed E-state index contributed by atoms with van der Waals surface area (Å²) >= 11 is 0. The lowest BCUT2D eigenvalue weighted by atomic mass is 9.85. The molecule has 1 aromatic rings. The van der Waals surface area contributed by atoms with Crippen molar-refractivity contribution in [2.75, 3.05) is 6.54 Å². The van der Waals surface area contributed by atoms with Gasteiger partial charge in [0.25, 0.3) is 0 Å². The van der Waals surface area contributed by atoms with Crippen LogP contribution < -0.4 is 0 Å². The molecule has 2 heterocycles. The molecule has 1 amide bonds. The molecule has 2 aliphatic heterocycles. The van der Waals surface area contributed by atoms with Crippen molar-refractivity contribution in [1.29, 1.82) is 0 Å². The maximum Gasteiger partial charge on any atom is 0.246 e. The zero-order valence-electron chi connectivity index (χ0n) is 11.6. The van der Waals surface area contributed by atoms with Crippen LogP contribution in [-0.2, 0) is 11.2 Å². The highest BCUT2D eigenvalue weighted by atomic mass is 16.2. The van der Waals surface area contributed by atoms with E-state index in [2.05, 4.69) is 36.1 Å². The summed E-state index contributed by atoms with van der Waals surface area (Å²) in [5.41, 5.74) is 2.78. The molecule has 0 unspecified atom stereocenters. The summed E-state index contributed by atoms with van der Waals surface area (Å²) in [4.78, 5) is 14.2. The second kappa shape index (κ2) is 4.84. The maximum atomic E-state index is 12.2. The average Bonchev–Trinajstić information content (AvgIpc) is 2.80. The first-order valence-corrected chi connectivity index (χ1v) is 7.22. The Hall–Kier alpha value is -1.57. The normalized spacial score (nSPS) is 26.3. The van der Waals surface area contributed by atoms with E-state index < -0.39 is 0 Å². The first kappa shape index (κ1) is 12.5. The summed E-state index contributed by atoms with van der Waals surface area (Å²) in [5, 5.41) is 0.